The van der Waals surface area contributed by atoms with Crippen molar-refractivity contribution in [2.45, 2.75) is 63.5 Å². The minimum Gasteiger partial charge on any atom is -0.351 e. The number of likely N-dealkylation sites (tertiary alicyclic amines) is 1. The molecule has 5 saturated carbocycles. The number of aromatic nitrogens is 2. The number of nitrogens with one attached hydrogen (secondary N) is 1. The summed E-state index contributed by atoms with van der Waals surface area (Å²) in [4.78, 5) is 27.7. The van der Waals surface area contributed by atoms with Gasteiger partial charge in [-0.2, -0.15) is 5.10 Å². The molecule has 26 heavy (non-hydrogen) atoms. The van der Waals surface area contributed by atoms with Crippen molar-refractivity contribution in [2.75, 3.05) is 13.1 Å². The van der Waals surface area contributed by atoms with Crippen LogP contribution in [0.25, 0.3) is 0 Å². The van der Waals surface area contributed by atoms with E-state index >= 15 is 0 Å². The first-order chi connectivity index (χ1) is 12.5. The van der Waals surface area contributed by atoms with Gasteiger partial charge in [0.05, 0.1) is 17.8 Å². The Hall–Kier alpha value is -1.85. The standard InChI is InChI=1S/C20H26N4O2/c25-17(14-9-21-24(10-14)16-1-2-16)23-11-15(8-19(12-23)3-4-19)22-18(26)20-5-13(6-20)7-20/h9-10,13,15-16H,1-8,11-12H2,(H,22,26). The minimum absolute atomic E-state index is 0.0426. The van der Waals surface area contributed by atoms with Gasteiger partial charge in [-0.05, 0) is 62.7 Å². The SMILES string of the molecule is O=C(c1cnn(C2CC2)c1)N1CC(NC(=O)C23CC(C2)C3)CC2(CC2)C1. The Morgan fingerprint density at radius 2 is 1.92 bits per heavy atom. The lowest BCUT2D eigenvalue weighted by molar-refractivity contribution is -0.166. The third-order valence-corrected chi connectivity index (χ3v) is 7.52. The van der Waals surface area contributed by atoms with Crippen molar-refractivity contribution in [1.82, 2.24) is 20.0 Å². The predicted molar refractivity (Wildman–Crippen MR) is 94.4 cm³/mol. The van der Waals surface area contributed by atoms with E-state index in [1.165, 1.54) is 25.7 Å². The molecule has 1 aromatic heterocycles. The minimum atomic E-state index is -0.0426. The Morgan fingerprint density at radius 3 is 2.54 bits per heavy atom. The van der Waals surface area contributed by atoms with Gasteiger partial charge in [0.15, 0.2) is 0 Å². The van der Waals surface area contributed by atoms with E-state index in [0.29, 0.717) is 18.2 Å². The fraction of sp³-hybridized carbons (Fsp3) is 0.750. The Kier molecular flexibility index (Phi) is 2.87. The highest BCUT2D eigenvalue weighted by Crippen LogP contribution is 2.64. The number of hydrogen-bond acceptors (Lipinski definition) is 3. The zero-order chi connectivity index (χ0) is 17.5. The molecule has 0 aromatic carbocycles. The molecule has 2 heterocycles. The van der Waals surface area contributed by atoms with Crippen molar-refractivity contribution in [1.29, 1.82) is 0 Å². The van der Waals surface area contributed by atoms with Crippen LogP contribution in [0.2, 0.25) is 0 Å². The van der Waals surface area contributed by atoms with Gasteiger partial charge >= 0.3 is 0 Å². The van der Waals surface area contributed by atoms with Gasteiger partial charge in [0, 0.05) is 30.7 Å². The van der Waals surface area contributed by atoms with Crippen LogP contribution < -0.4 is 5.32 Å². The maximum atomic E-state index is 13.0. The average molecular weight is 354 g/mol. The number of carbonyl (C=O) groups excluding carboxylic acids is 2. The van der Waals surface area contributed by atoms with Crippen molar-refractivity contribution >= 4 is 11.8 Å². The summed E-state index contributed by atoms with van der Waals surface area (Å²) in [6.45, 7) is 1.47. The van der Waals surface area contributed by atoms with E-state index in [4.69, 9.17) is 0 Å². The van der Waals surface area contributed by atoms with E-state index in [2.05, 4.69) is 10.4 Å². The van der Waals surface area contributed by atoms with Crippen LogP contribution >= 0.6 is 0 Å². The van der Waals surface area contributed by atoms with Crippen molar-refractivity contribution < 1.29 is 9.59 Å². The summed E-state index contributed by atoms with van der Waals surface area (Å²) in [6, 6.07) is 0.600. The maximum absolute atomic E-state index is 13.0. The molecule has 6 nitrogen and oxygen atoms in total. The van der Waals surface area contributed by atoms with Crippen LogP contribution in [0.1, 0.15) is 67.8 Å². The Morgan fingerprint density at radius 1 is 1.15 bits per heavy atom. The summed E-state index contributed by atoms with van der Waals surface area (Å²) < 4.78 is 1.94. The number of amides is 2. The number of carbonyl (C=O) groups is 2. The van der Waals surface area contributed by atoms with Crippen molar-refractivity contribution in [3.05, 3.63) is 18.0 Å². The largest absolute Gasteiger partial charge is 0.351 e. The maximum Gasteiger partial charge on any atom is 0.257 e. The molecule has 2 amide bonds. The quantitative estimate of drug-likeness (QED) is 0.901. The molecule has 6 fully saturated rings. The molecule has 1 saturated heterocycles. The second kappa shape index (κ2) is 4.90. The van der Waals surface area contributed by atoms with Gasteiger partial charge in [0.2, 0.25) is 5.91 Å². The van der Waals surface area contributed by atoms with Crippen LogP contribution in [0.3, 0.4) is 0 Å². The normalized spacial score (nSPS) is 36.2. The molecule has 1 aromatic rings. The molecule has 0 radical (unpaired) electrons. The number of nitrogens with zero attached hydrogens (tertiary/aromatic N) is 3. The van der Waals surface area contributed by atoms with Gasteiger partial charge < -0.3 is 10.2 Å². The van der Waals surface area contributed by atoms with Crippen molar-refractivity contribution in [3.63, 3.8) is 0 Å². The van der Waals surface area contributed by atoms with E-state index in [1.807, 2.05) is 15.8 Å². The van der Waals surface area contributed by atoms with Crippen molar-refractivity contribution in [2.24, 2.45) is 16.7 Å². The highest BCUT2D eigenvalue weighted by atomic mass is 16.2. The average Bonchev–Trinajstić information content (AvgIpc) is 3.44. The zero-order valence-corrected chi connectivity index (χ0v) is 15.1. The molecule has 138 valence electrons. The second-order valence-electron chi connectivity index (χ2n) is 9.76. The first-order valence-corrected chi connectivity index (χ1v) is 10.2. The Balaban J connectivity index is 1.17. The van der Waals surface area contributed by atoms with E-state index in [0.717, 1.165) is 38.1 Å². The van der Waals surface area contributed by atoms with Gasteiger partial charge in [0.1, 0.15) is 0 Å². The lowest BCUT2D eigenvalue weighted by Crippen LogP contribution is -2.63. The number of hydrogen-bond donors (Lipinski definition) is 1. The molecule has 7 rings (SSSR count). The molecule has 6 aliphatic rings. The zero-order valence-electron chi connectivity index (χ0n) is 15.1. The summed E-state index contributed by atoms with van der Waals surface area (Å²) in [5.74, 6) is 1.13. The van der Waals surface area contributed by atoms with Gasteiger partial charge in [0.25, 0.3) is 5.91 Å². The number of rotatable bonds is 4. The van der Waals surface area contributed by atoms with Gasteiger partial charge in [-0.3, -0.25) is 14.3 Å². The molecule has 5 aliphatic carbocycles. The van der Waals surface area contributed by atoms with Gasteiger partial charge in [-0.15, -0.1) is 0 Å². The van der Waals surface area contributed by atoms with E-state index in [-0.39, 0.29) is 28.7 Å². The Bertz CT molecular complexity index is 774. The fourth-order valence-electron chi connectivity index (χ4n) is 5.44. The van der Waals surface area contributed by atoms with Gasteiger partial charge in [-0.25, -0.2) is 0 Å². The summed E-state index contributed by atoms with van der Waals surface area (Å²) in [7, 11) is 0. The first-order valence-electron chi connectivity index (χ1n) is 10.2. The first kappa shape index (κ1) is 15.2. The van der Waals surface area contributed by atoms with Crippen LogP contribution in [0.5, 0.6) is 0 Å². The van der Waals surface area contributed by atoms with Crippen LogP contribution in [0.15, 0.2) is 12.4 Å². The van der Waals surface area contributed by atoms with E-state index in [1.54, 1.807) is 6.20 Å². The summed E-state index contributed by atoms with van der Waals surface area (Å²) in [5, 5.41) is 7.68. The molecule has 1 unspecified atom stereocenters. The molecule has 1 spiro atoms. The molecular formula is C20H26N4O2. The summed E-state index contributed by atoms with van der Waals surface area (Å²) in [5.41, 5.74) is 0.899. The topological polar surface area (TPSA) is 67.2 Å². The third kappa shape index (κ3) is 2.26. The lowest BCUT2D eigenvalue weighted by Gasteiger charge is -2.60. The van der Waals surface area contributed by atoms with Crippen LogP contribution in [0.4, 0.5) is 0 Å². The highest BCUT2D eigenvalue weighted by Gasteiger charge is 2.62. The predicted octanol–water partition coefficient (Wildman–Crippen LogP) is 2.13. The molecule has 1 N–H and O–H groups in total. The lowest BCUT2D eigenvalue weighted by atomic mass is 9.44. The van der Waals surface area contributed by atoms with Crippen LogP contribution in [0, 0.1) is 16.7 Å². The second-order valence-corrected chi connectivity index (χ2v) is 9.76. The van der Waals surface area contributed by atoms with Crippen molar-refractivity contribution in [3.8, 4) is 0 Å². The molecule has 6 heteroatoms. The van der Waals surface area contributed by atoms with Gasteiger partial charge in [-0.1, -0.05) is 0 Å². The summed E-state index contributed by atoms with van der Waals surface area (Å²) in [6.07, 6.45) is 12.6. The van der Waals surface area contributed by atoms with E-state index in [9.17, 15) is 9.59 Å². The Labute approximate surface area is 153 Å². The fourth-order valence-corrected chi connectivity index (χ4v) is 5.44. The monoisotopic (exact) mass is 354 g/mol. The number of piperidine rings is 1. The molecule has 1 atom stereocenters. The highest BCUT2D eigenvalue weighted by molar-refractivity contribution is 5.94. The third-order valence-electron chi connectivity index (χ3n) is 7.52. The van der Waals surface area contributed by atoms with Crippen LogP contribution in [-0.4, -0.2) is 45.6 Å². The van der Waals surface area contributed by atoms with Crippen LogP contribution in [-0.2, 0) is 4.79 Å². The molecular weight excluding hydrogens is 328 g/mol. The molecule has 2 bridgehead atoms. The smallest absolute Gasteiger partial charge is 0.257 e. The summed E-state index contributed by atoms with van der Waals surface area (Å²) >= 11 is 0. The molecule has 1 aliphatic heterocycles. The van der Waals surface area contributed by atoms with E-state index < -0.39 is 0 Å².